The summed E-state index contributed by atoms with van der Waals surface area (Å²) < 4.78 is 0. The van der Waals surface area contributed by atoms with E-state index in [9.17, 15) is 9.59 Å². The minimum atomic E-state index is -0.731. The van der Waals surface area contributed by atoms with Gasteiger partial charge >= 0.3 is 0 Å². The van der Waals surface area contributed by atoms with E-state index in [0.717, 1.165) is 12.1 Å². The Morgan fingerprint density at radius 1 is 1.22 bits per heavy atom. The van der Waals surface area contributed by atoms with Crippen LogP contribution in [0.1, 0.15) is 31.1 Å². The Morgan fingerprint density at radius 3 is 2.06 bits per heavy atom. The molecule has 0 atom stereocenters. The lowest BCUT2D eigenvalue weighted by atomic mass is 10.1. The van der Waals surface area contributed by atoms with E-state index in [2.05, 4.69) is 26.1 Å². The maximum absolute atomic E-state index is 10.7. The number of Topliss-reactive ketones (excluding diaryl/α,β-unsaturated/α-hetero) is 1. The monoisotopic (exact) mass is 253 g/mol. The fraction of sp³-hybridized carbons (Fsp3) is 0.385. The molecule has 0 radical (unpaired) electrons. The van der Waals surface area contributed by atoms with Crippen LogP contribution in [-0.4, -0.2) is 34.9 Å². The van der Waals surface area contributed by atoms with E-state index in [1.54, 1.807) is 0 Å². The molecule has 0 saturated carbocycles. The second kappa shape index (κ2) is 6.76. The number of carbonyl (C=O) groups is 2. The molecule has 5 nitrogen and oxygen atoms in total. The first-order chi connectivity index (χ1) is 8.21. The third kappa shape index (κ3) is 6.00. The van der Waals surface area contributed by atoms with Crippen LogP contribution in [0.5, 0.6) is 11.5 Å². The molecule has 0 fully saturated rings. The molecule has 18 heavy (non-hydrogen) atoms. The molecule has 1 aromatic rings. The summed E-state index contributed by atoms with van der Waals surface area (Å²) in [6.45, 7) is 6.40. The van der Waals surface area contributed by atoms with E-state index in [4.69, 9.17) is 10.2 Å². The number of aldehydes is 1. The van der Waals surface area contributed by atoms with Gasteiger partial charge in [0.25, 0.3) is 0 Å². The van der Waals surface area contributed by atoms with E-state index in [-0.39, 0.29) is 17.6 Å². The number of carbonyl (C=O) groups excluding carboxylic acids is 2. The van der Waals surface area contributed by atoms with E-state index < -0.39 is 11.5 Å². The molecule has 5 heteroatoms. The summed E-state index contributed by atoms with van der Waals surface area (Å²) in [5.74, 6) is -1.47. The summed E-state index contributed by atoms with van der Waals surface area (Å²) in [6.07, 6.45) is 0.145. The predicted octanol–water partition coefficient (Wildman–Crippen LogP) is 1.48. The van der Waals surface area contributed by atoms with E-state index in [1.165, 1.54) is 6.07 Å². The fourth-order valence-electron chi connectivity index (χ4n) is 0.745. The van der Waals surface area contributed by atoms with Gasteiger partial charge in [0, 0.05) is 11.1 Å². The highest BCUT2D eigenvalue weighted by atomic mass is 16.3. The van der Waals surface area contributed by atoms with Gasteiger partial charge in [-0.2, -0.15) is 0 Å². The van der Waals surface area contributed by atoms with Crippen molar-refractivity contribution in [2.24, 2.45) is 0 Å². The van der Waals surface area contributed by atoms with Gasteiger partial charge in [-0.15, -0.1) is 0 Å². The van der Waals surface area contributed by atoms with Crippen molar-refractivity contribution in [3.05, 3.63) is 23.8 Å². The Labute approximate surface area is 106 Å². The van der Waals surface area contributed by atoms with Crippen LogP contribution in [0.4, 0.5) is 0 Å². The lowest BCUT2D eigenvalue weighted by Gasteiger charge is -2.15. The Morgan fingerprint density at radius 2 is 1.72 bits per heavy atom. The van der Waals surface area contributed by atoms with Crippen molar-refractivity contribution in [3.63, 3.8) is 0 Å². The molecule has 0 saturated heterocycles. The van der Waals surface area contributed by atoms with Gasteiger partial charge in [0.15, 0.2) is 17.8 Å². The Balaban J connectivity index is 0.000000411. The first-order valence-electron chi connectivity index (χ1n) is 5.41. The van der Waals surface area contributed by atoms with Crippen molar-refractivity contribution in [1.82, 2.24) is 5.32 Å². The van der Waals surface area contributed by atoms with Crippen molar-refractivity contribution < 1.29 is 19.8 Å². The number of aromatic hydroxyl groups is 2. The first-order valence-corrected chi connectivity index (χ1v) is 5.41. The van der Waals surface area contributed by atoms with E-state index in [0.29, 0.717) is 5.54 Å². The highest BCUT2D eigenvalue weighted by Gasteiger charge is 2.06. The van der Waals surface area contributed by atoms with Crippen molar-refractivity contribution in [2.75, 3.05) is 7.05 Å². The Hall–Kier alpha value is -1.88. The van der Waals surface area contributed by atoms with Crippen LogP contribution in [0.25, 0.3) is 0 Å². The zero-order valence-corrected chi connectivity index (χ0v) is 11.0. The summed E-state index contributed by atoms with van der Waals surface area (Å²) in [5, 5.41) is 20.9. The first kappa shape index (κ1) is 16.1. The van der Waals surface area contributed by atoms with Crippen LogP contribution in [-0.2, 0) is 4.79 Å². The molecule has 0 spiro atoms. The molecular formula is C13H19NO4. The number of phenols is 2. The molecule has 100 valence electrons. The highest BCUT2D eigenvalue weighted by molar-refractivity contribution is 6.33. The molecule has 0 unspecified atom stereocenters. The molecule has 3 N–H and O–H groups in total. The zero-order valence-electron chi connectivity index (χ0n) is 11.0. The number of ketones is 1. The summed E-state index contributed by atoms with van der Waals surface area (Å²) in [5.41, 5.74) is 0.348. The van der Waals surface area contributed by atoms with Crippen LogP contribution in [0, 0.1) is 0 Å². The molecule has 0 aliphatic heterocycles. The summed E-state index contributed by atoms with van der Waals surface area (Å²) >= 11 is 0. The van der Waals surface area contributed by atoms with Gasteiger partial charge in [-0.3, -0.25) is 9.59 Å². The lowest BCUT2D eigenvalue weighted by Crippen LogP contribution is -2.31. The van der Waals surface area contributed by atoms with Crippen molar-refractivity contribution in [1.29, 1.82) is 0 Å². The molecular weight excluding hydrogens is 234 g/mol. The second-order valence-electron chi connectivity index (χ2n) is 4.69. The SMILES string of the molecule is CNC(C)(C)C.O=CC(=O)c1ccc(O)c(O)c1. The van der Waals surface area contributed by atoms with Crippen LogP contribution >= 0.6 is 0 Å². The number of phenolic OH excluding ortho intramolecular Hbond substituents is 2. The lowest BCUT2D eigenvalue weighted by molar-refractivity contribution is -0.104. The van der Waals surface area contributed by atoms with Gasteiger partial charge in [0.05, 0.1) is 0 Å². The quantitative estimate of drug-likeness (QED) is 0.322. The van der Waals surface area contributed by atoms with Crippen LogP contribution in [0.3, 0.4) is 0 Å². The number of hydrogen-bond acceptors (Lipinski definition) is 5. The summed E-state index contributed by atoms with van der Waals surface area (Å²) in [6, 6.07) is 3.43. The standard InChI is InChI=1S/C8H6O4.C5H13N/c9-4-8(12)5-1-2-6(10)7(11)3-5;1-5(2,3)6-4/h1-4,10-11H;6H,1-4H3. The van der Waals surface area contributed by atoms with Gasteiger partial charge in [0.2, 0.25) is 5.78 Å². The minimum Gasteiger partial charge on any atom is -0.504 e. The topological polar surface area (TPSA) is 86.6 Å². The van der Waals surface area contributed by atoms with Gasteiger partial charge < -0.3 is 15.5 Å². The average Bonchev–Trinajstić information content (AvgIpc) is 2.31. The smallest absolute Gasteiger partial charge is 0.225 e. The highest BCUT2D eigenvalue weighted by Crippen LogP contribution is 2.24. The van der Waals surface area contributed by atoms with Crippen LogP contribution < -0.4 is 5.32 Å². The molecule has 0 aliphatic rings. The number of benzene rings is 1. The molecule has 0 heterocycles. The van der Waals surface area contributed by atoms with Crippen LogP contribution in [0.2, 0.25) is 0 Å². The van der Waals surface area contributed by atoms with Gasteiger partial charge in [-0.1, -0.05) is 0 Å². The summed E-state index contributed by atoms with van der Waals surface area (Å²) in [7, 11) is 1.96. The third-order valence-electron chi connectivity index (χ3n) is 2.12. The van der Waals surface area contributed by atoms with Crippen LogP contribution in [0.15, 0.2) is 18.2 Å². The second-order valence-corrected chi connectivity index (χ2v) is 4.69. The molecule has 0 aliphatic carbocycles. The number of hydrogen-bond donors (Lipinski definition) is 3. The Bertz CT molecular complexity index is 421. The van der Waals surface area contributed by atoms with Crippen molar-refractivity contribution in [2.45, 2.75) is 26.3 Å². The normalized spacial score (nSPS) is 10.2. The maximum Gasteiger partial charge on any atom is 0.225 e. The number of nitrogens with one attached hydrogen (secondary N) is 1. The Kier molecular flexibility index (Phi) is 6.05. The molecule has 1 aromatic carbocycles. The van der Waals surface area contributed by atoms with Gasteiger partial charge in [0.1, 0.15) is 0 Å². The minimum absolute atomic E-state index is 0.0558. The largest absolute Gasteiger partial charge is 0.504 e. The average molecular weight is 253 g/mol. The summed E-state index contributed by atoms with van der Waals surface area (Å²) in [4.78, 5) is 20.7. The van der Waals surface area contributed by atoms with E-state index >= 15 is 0 Å². The predicted molar refractivity (Wildman–Crippen MR) is 69.0 cm³/mol. The fourth-order valence-corrected chi connectivity index (χ4v) is 0.745. The molecule has 1 rings (SSSR count). The maximum atomic E-state index is 10.7. The van der Waals surface area contributed by atoms with Gasteiger partial charge in [-0.25, -0.2) is 0 Å². The molecule has 0 bridgehead atoms. The number of rotatable bonds is 2. The van der Waals surface area contributed by atoms with Gasteiger partial charge in [-0.05, 0) is 46.0 Å². The molecule has 0 amide bonds. The zero-order chi connectivity index (χ0) is 14.3. The van der Waals surface area contributed by atoms with E-state index in [1.807, 2.05) is 7.05 Å². The molecule has 0 aromatic heterocycles. The third-order valence-corrected chi connectivity index (χ3v) is 2.12. The van der Waals surface area contributed by atoms with Crippen molar-refractivity contribution in [3.8, 4) is 11.5 Å². The van der Waals surface area contributed by atoms with Crippen molar-refractivity contribution >= 4 is 12.1 Å².